The number of aliphatic hydroxyl groups is 1. The molecule has 0 aliphatic carbocycles. The normalized spacial score (nSPS) is 16.3. The second kappa shape index (κ2) is 14.0. The third-order valence-electron chi connectivity index (χ3n) is 4.92. The number of rotatable bonds is 15. The summed E-state index contributed by atoms with van der Waals surface area (Å²) >= 11 is 0. The van der Waals surface area contributed by atoms with Gasteiger partial charge < -0.3 is 42.7 Å². The average Bonchev–Trinajstić information content (AvgIpc) is 2.71. The quantitative estimate of drug-likeness (QED) is 0.119. The van der Waals surface area contributed by atoms with E-state index in [1.54, 1.807) is 13.8 Å². The summed E-state index contributed by atoms with van der Waals surface area (Å²) in [6.07, 6.45) is -2.52. The van der Waals surface area contributed by atoms with E-state index in [4.69, 9.17) is 21.7 Å². The van der Waals surface area contributed by atoms with Crippen molar-refractivity contribution < 1.29 is 44.1 Å². The van der Waals surface area contributed by atoms with Gasteiger partial charge in [0.25, 0.3) is 0 Å². The van der Waals surface area contributed by atoms with Crippen LogP contribution in [0, 0.1) is 5.92 Å². The Morgan fingerprint density at radius 3 is 1.85 bits per heavy atom. The molecule has 0 spiro atoms. The molecule has 0 rings (SSSR count). The van der Waals surface area contributed by atoms with Crippen molar-refractivity contribution in [3.63, 3.8) is 0 Å². The van der Waals surface area contributed by atoms with E-state index in [-0.39, 0.29) is 12.3 Å². The molecule has 0 aromatic carbocycles. The lowest BCUT2D eigenvalue weighted by molar-refractivity contribution is -0.144. The van der Waals surface area contributed by atoms with E-state index >= 15 is 0 Å². The van der Waals surface area contributed by atoms with Gasteiger partial charge in [-0.25, -0.2) is 4.79 Å². The second-order valence-electron chi connectivity index (χ2n) is 7.70. The Bertz CT molecular complexity index is 743. The van der Waals surface area contributed by atoms with Crippen LogP contribution in [0.1, 0.15) is 46.5 Å². The number of carbonyl (C=O) groups is 6. The van der Waals surface area contributed by atoms with Gasteiger partial charge in [0.1, 0.15) is 18.1 Å². The van der Waals surface area contributed by atoms with Crippen molar-refractivity contribution >= 4 is 35.6 Å². The summed E-state index contributed by atoms with van der Waals surface area (Å²) in [5.74, 6) is -6.88. The smallest absolute Gasteiger partial charge is 0.326 e. The molecule has 188 valence electrons. The standard InChI is InChI=1S/C19H33N5O9/c1-4-8(2)14(21)17(30)22-10(5-6-13(27)28)16(29)24-15(9(3)25)18(31)23-11(19(32)33)7-12(20)26/h8-11,14-15,25H,4-7,21H2,1-3H3,(H2,20,26)(H,22,30)(H,23,31)(H,24,29)(H,27,28)(H,32,33). The van der Waals surface area contributed by atoms with E-state index < -0.39 is 78.7 Å². The maximum atomic E-state index is 12.7. The summed E-state index contributed by atoms with van der Waals surface area (Å²) in [6, 6.07) is -5.77. The zero-order chi connectivity index (χ0) is 25.9. The van der Waals surface area contributed by atoms with Gasteiger partial charge in [-0.2, -0.15) is 0 Å². The molecule has 6 unspecified atom stereocenters. The van der Waals surface area contributed by atoms with Crippen molar-refractivity contribution in [2.24, 2.45) is 17.4 Å². The fraction of sp³-hybridized carbons (Fsp3) is 0.684. The zero-order valence-corrected chi connectivity index (χ0v) is 18.7. The minimum atomic E-state index is -1.70. The number of nitrogens with one attached hydrogen (secondary N) is 3. The number of carboxylic acid groups (broad SMARTS) is 2. The number of primary amides is 1. The first-order valence-corrected chi connectivity index (χ1v) is 10.3. The number of carbonyl (C=O) groups excluding carboxylic acids is 4. The molecular weight excluding hydrogens is 442 g/mol. The van der Waals surface area contributed by atoms with E-state index in [9.17, 15) is 33.9 Å². The number of aliphatic hydroxyl groups excluding tert-OH is 1. The van der Waals surface area contributed by atoms with Gasteiger partial charge in [0.15, 0.2) is 0 Å². The van der Waals surface area contributed by atoms with Gasteiger partial charge in [-0.3, -0.25) is 24.0 Å². The van der Waals surface area contributed by atoms with Crippen molar-refractivity contribution in [1.82, 2.24) is 16.0 Å². The van der Waals surface area contributed by atoms with Crippen LogP contribution in [0.5, 0.6) is 0 Å². The van der Waals surface area contributed by atoms with E-state index in [0.29, 0.717) is 6.42 Å². The van der Waals surface area contributed by atoms with Gasteiger partial charge >= 0.3 is 11.9 Å². The van der Waals surface area contributed by atoms with Crippen molar-refractivity contribution in [1.29, 1.82) is 0 Å². The summed E-state index contributed by atoms with van der Waals surface area (Å²) in [5.41, 5.74) is 10.8. The second-order valence-corrected chi connectivity index (χ2v) is 7.70. The van der Waals surface area contributed by atoms with Crippen LogP contribution in [0.15, 0.2) is 0 Å². The molecule has 33 heavy (non-hydrogen) atoms. The van der Waals surface area contributed by atoms with E-state index in [2.05, 4.69) is 10.6 Å². The topological polar surface area (TPSA) is 251 Å². The predicted octanol–water partition coefficient (Wildman–Crippen LogP) is -2.98. The first-order chi connectivity index (χ1) is 15.2. The number of hydrogen-bond donors (Lipinski definition) is 8. The molecule has 0 radical (unpaired) electrons. The Kier molecular flexibility index (Phi) is 12.6. The summed E-state index contributed by atoms with van der Waals surface area (Å²) in [7, 11) is 0. The Morgan fingerprint density at radius 1 is 0.879 bits per heavy atom. The van der Waals surface area contributed by atoms with Crippen molar-refractivity contribution in [2.75, 3.05) is 0 Å². The highest BCUT2D eigenvalue weighted by molar-refractivity contribution is 5.95. The summed E-state index contributed by atoms with van der Waals surface area (Å²) in [4.78, 5) is 70.7. The molecule has 14 heteroatoms. The SMILES string of the molecule is CCC(C)C(N)C(=O)NC(CCC(=O)O)C(=O)NC(C(=O)NC(CC(N)=O)C(=O)O)C(C)O. The highest BCUT2D eigenvalue weighted by Crippen LogP contribution is 2.08. The molecule has 14 nitrogen and oxygen atoms in total. The highest BCUT2D eigenvalue weighted by atomic mass is 16.4. The molecule has 0 aliphatic heterocycles. The summed E-state index contributed by atoms with van der Waals surface area (Å²) in [5, 5.41) is 34.5. The van der Waals surface area contributed by atoms with Crippen molar-refractivity contribution in [3.8, 4) is 0 Å². The number of carboxylic acids is 2. The molecule has 6 atom stereocenters. The Labute approximate surface area is 190 Å². The van der Waals surface area contributed by atoms with E-state index in [1.807, 2.05) is 5.32 Å². The van der Waals surface area contributed by atoms with Crippen molar-refractivity contribution in [3.05, 3.63) is 0 Å². The molecule has 0 aromatic heterocycles. The van der Waals surface area contributed by atoms with Crippen LogP contribution in [0.25, 0.3) is 0 Å². The Morgan fingerprint density at radius 2 is 1.42 bits per heavy atom. The highest BCUT2D eigenvalue weighted by Gasteiger charge is 2.33. The molecule has 0 aliphatic rings. The van der Waals surface area contributed by atoms with Crippen LogP contribution in [0.3, 0.4) is 0 Å². The molecule has 0 bridgehead atoms. The van der Waals surface area contributed by atoms with E-state index in [1.165, 1.54) is 0 Å². The first-order valence-electron chi connectivity index (χ1n) is 10.3. The molecule has 0 heterocycles. The average molecular weight is 475 g/mol. The van der Waals surface area contributed by atoms with Crippen molar-refractivity contribution in [2.45, 2.75) is 76.7 Å². The first kappa shape index (κ1) is 29.7. The van der Waals surface area contributed by atoms with Gasteiger partial charge in [0.05, 0.1) is 18.6 Å². The molecule has 0 saturated carbocycles. The molecule has 0 fully saturated rings. The Hall–Kier alpha value is -3.26. The van der Waals surface area contributed by atoms with Crippen LogP contribution in [0.2, 0.25) is 0 Å². The van der Waals surface area contributed by atoms with Crippen LogP contribution >= 0.6 is 0 Å². The van der Waals surface area contributed by atoms with Crippen LogP contribution in [-0.4, -0.2) is 81.2 Å². The van der Waals surface area contributed by atoms with Gasteiger partial charge in [-0.1, -0.05) is 20.3 Å². The molecule has 4 amide bonds. The van der Waals surface area contributed by atoms with E-state index in [0.717, 1.165) is 6.92 Å². The number of hydrogen-bond acceptors (Lipinski definition) is 8. The number of amides is 4. The van der Waals surface area contributed by atoms with Gasteiger partial charge in [-0.05, 0) is 19.3 Å². The minimum absolute atomic E-state index is 0.234. The lowest BCUT2D eigenvalue weighted by atomic mass is 9.98. The predicted molar refractivity (Wildman–Crippen MR) is 113 cm³/mol. The molecule has 0 aromatic rings. The van der Waals surface area contributed by atoms with Crippen LogP contribution in [0.4, 0.5) is 0 Å². The fourth-order valence-corrected chi connectivity index (χ4v) is 2.64. The molecular formula is C19H33N5O9. The third kappa shape index (κ3) is 10.7. The summed E-state index contributed by atoms with van der Waals surface area (Å²) in [6.45, 7) is 4.66. The maximum Gasteiger partial charge on any atom is 0.326 e. The fourth-order valence-electron chi connectivity index (χ4n) is 2.64. The molecule has 10 N–H and O–H groups in total. The summed E-state index contributed by atoms with van der Waals surface area (Å²) < 4.78 is 0. The van der Waals surface area contributed by atoms with Crippen LogP contribution < -0.4 is 27.4 Å². The van der Waals surface area contributed by atoms with Gasteiger partial charge in [0.2, 0.25) is 23.6 Å². The Balaban J connectivity index is 5.54. The lowest BCUT2D eigenvalue weighted by Crippen LogP contribution is -2.60. The number of aliphatic carboxylic acids is 2. The zero-order valence-electron chi connectivity index (χ0n) is 18.7. The third-order valence-corrected chi connectivity index (χ3v) is 4.92. The largest absolute Gasteiger partial charge is 0.481 e. The lowest BCUT2D eigenvalue weighted by Gasteiger charge is -2.27. The monoisotopic (exact) mass is 475 g/mol. The minimum Gasteiger partial charge on any atom is -0.481 e. The van der Waals surface area contributed by atoms with Gasteiger partial charge in [0, 0.05) is 6.42 Å². The van der Waals surface area contributed by atoms with Gasteiger partial charge in [-0.15, -0.1) is 0 Å². The van der Waals surface area contributed by atoms with Crippen LogP contribution in [-0.2, 0) is 28.8 Å². The molecule has 0 saturated heterocycles. The number of nitrogens with two attached hydrogens (primary N) is 2. The maximum absolute atomic E-state index is 12.7.